The number of carbonyl (C=O) groups excluding carboxylic acids is 1. The lowest BCUT2D eigenvalue weighted by atomic mass is 10.1. The van der Waals surface area contributed by atoms with Crippen LogP contribution in [0.4, 0.5) is 4.79 Å². The lowest BCUT2D eigenvalue weighted by molar-refractivity contribution is -0.142. The number of benzene rings is 1. The first-order valence-electron chi connectivity index (χ1n) is 7.64. The second-order valence-corrected chi connectivity index (χ2v) is 6.63. The number of carboxylic acid groups (broad SMARTS) is 1. The Balaban J connectivity index is 1.97. The van der Waals surface area contributed by atoms with Gasteiger partial charge in [-0.1, -0.05) is 30.3 Å². The fraction of sp³-hybridized carbons (Fsp3) is 0.529. The number of likely N-dealkylation sites (tertiary alicyclic amines) is 1. The van der Waals surface area contributed by atoms with Crippen LogP contribution >= 0.6 is 0 Å². The van der Waals surface area contributed by atoms with Crippen molar-refractivity contribution >= 4 is 12.1 Å². The second kappa shape index (κ2) is 7.00. The summed E-state index contributed by atoms with van der Waals surface area (Å²) in [5.74, 6) is -1.04. The second-order valence-electron chi connectivity index (χ2n) is 6.63. The van der Waals surface area contributed by atoms with Gasteiger partial charge in [-0.25, -0.2) is 9.59 Å². The number of amides is 1. The van der Waals surface area contributed by atoms with Crippen LogP contribution < -0.4 is 0 Å². The SMILES string of the molecule is CC(C)(C)O[C@H]1C[C@H](C(=O)O)N(C(=O)OCc2ccccc2)C1. The zero-order valence-corrected chi connectivity index (χ0v) is 13.7. The van der Waals surface area contributed by atoms with Crippen molar-refractivity contribution in [2.24, 2.45) is 0 Å². The van der Waals surface area contributed by atoms with Crippen molar-refractivity contribution in [1.82, 2.24) is 4.90 Å². The summed E-state index contributed by atoms with van der Waals surface area (Å²) in [6, 6.07) is 8.36. The predicted molar refractivity (Wildman–Crippen MR) is 84.0 cm³/mol. The molecule has 0 aromatic heterocycles. The van der Waals surface area contributed by atoms with Crippen LogP contribution in [0.1, 0.15) is 32.8 Å². The van der Waals surface area contributed by atoms with Gasteiger partial charge < -0.3 is 14.6 Å². The minimum absolute atomic E-state index is 0.118. The van der Waals surface area contributed by atoms with E-state index in [0.717, 1.165) is 5.56 Å². The number of hydrogen-bond acceptors (Lipinski definition) is 4. The zero-order valence-electron chi connectivity index (χ0n) is 13.7. The van der Waals surface area contributed by atoms with Gasteiger partial charge in [0.2, 0.25) is 0 Å². The first kappa shape index (κ1) is 17.3. The highest BCUT2D eigenvalue weighted by Gasteiger charge is 2.42. The summed E-state index contributed by atoms with van der Waals surface area (Å²) in [5.41, 5.74) is 0.465. The van der Waals surface area contributed by atoms with Gasteiger partial charge in [0, 0.05) is 6.42 Å². The van der Waals surface area contributed by atoms with Crippen molar-refractivity contribution in [2.75, 3.05) is 6.54 Å². The number of ether oxygens (including phenoxy) is 2. The molecule has 6 heteroatoms. The molecule has 1 amide bonds. The largest absolute Gasteiger partial charge is 0.480 e. The Morgan fingerprint density at radius 1 is 1.26 bits per heavy atom. The van der Waals surface area contributed by atoms with Gasteiger partial charge >= 0.3 is 12.1 Å². The monoisotopic (exact) mass is 321 g/mol. The Morgan fingerprint density at radius 3 is 2.48 bits per heavy atom. The summed E-state index contributed by atoms with van der Waals surface area (Å²) < 4.78 is 11.0. The van der Waals surface area contributed by atoms with Crippen LogP contribution in [-0.4, -0.2) is 46.4 Å². The standard InChI is InChI=1S/C17H23NO5/c1-17(2,3)23-13-9-14(15(19)20)18(10-13)16(21)22-11-12-7-5-4-6-8-12/h4-8,13-14H,9-11H2,1-3H3,(H,19,20)/t13-,14+/m0/s1. The summed E-state index contributed by atoms with van der Waals surface area (Å²) in [6.45, 7) is 6.05. The molecule has 126 valence electrons. The number of hydrogen-bond donors (Lipinski definition) is 1. The van der Waals surface area contributed by atoms with Crippen molar-refractivity contribution < 1.29 is 24.2 Å². The Labute approximate surface area is 136 Å². The molecule has 0 saturated carbocycles. The van der Waals surface area contributed by atoms with Gasteiger partial charge in [0.25, 0.3) is 0 Å². The number of aliphatic carboxylic acids is 1. The minimum atomic E-state index is -1.04. The van der Waals surface area contributed by atoms with Crippen LogP contribution in [-0.2, 0) is 20.9 Å². The molecule has 0 unspecified atom stereocenters. The fourth-order valence-electron chi connectivity index (χ4n) is 2.62. The molecular weight excluding hydrogens is 298 g/mol. The molecule has 23 heavy (non-hydrogen) atoms. The van der Waals surface area contributed by atoms with Gasteiger partial charge in [0.1, 0.15) is 12.6 Å². The summed E-state index contributed by atoms with van der Waals surface area (Å²) in [5, 5.41) is 9.33. The average Bonchev–Trinajstić information content (AvgIpc) is 2.88. The topological polar surface area (TPSA) is 76.1 Å². The van der Waals surface area contributed by atoms with Gasteiger partial charge in [0.15, 0.2) is 0 Å². The maximum Gasteiger partial charge on any atom is 0.410 e. The van der Waals surface area contributed by atoms with Crippen LogP contribution in [0.25, 0.3) is 0 Å². The highest BCUT2D eigenvalue weighted by atomic mass is 16.6. The molecule has 0 bridgehead atoms. The molecular formula is C17H23NO5. The zero-order chi connectivity index (χ0) is 17.0. The van der Waals surface area contributed by atoms with Crippen LogP contribution in [0.15, 0.2) is 30.3 Å². The fourth-order valence-corrected chi connectivity index (χ4v) is 2.62. The molecule has 1 aromatic rings. The Morgan fingerprint density at radius 2 is 1.91 bits per heavy atom. The number of nitrogens with zero attached hydrogens (tertiary/aromatic N) is 1. The van der Waals surface area contributed by atoms with E-state index >= 15 is 0 Å². The Bertz CT molecular complexity index is 552. The van der Waals surface area contributed by atoms with E-state index in [9.17, 15) is 14.7 Å². The molecule has 1 aromatic carbocycles. The number of rotatable bonds is 4. The summed E-state index contributed by atoms with van der Waals surface area (Å²) in [6.07, 6.45) is -0.658. The first-order valence-corrected chi connectivity index (χ1v) is 7.64. The molecule has 1 aliphatic rings. The van der Waals surface area contributed by atoms with Crippen LogP contribution in [0.2, 0.25) is 0 Å². The van der Waals surface area contributed by atoms with E-state index in [0.29, 0.717) is 0 Å². The van der Waals surface area contributed by atoms with Crippen molar-refractivity contribution in [3.63, 3.8) is 0 Å². The molecule has 0 aliphatic carbocycles. The van der Waals surface area contributed by atoms with Crippen molar-refractivity contribution in [3.05, 3.63) is 35.9 Å². The Hall–Kier alpha value is -2.08. The van der Waals surface area contributed by atoms with E-state index in [4.69, 9.17) is 9.47 Å². The van der Waals surface area contributed by atoms with Gasteiger partial charge in [-0.3, -0.25) is 4.90 Å². The number of carboxylic acids is 1. The highest BCUT2D eigenvalue weighted by Crippen LogP contribution is 2.25. The van der Waals surface area contributed by atoms with E-state index in [1.165, 1.54) is 4.90 Å². The average molecular weight is 321 g/mol. The quantitative estimate of drug-likeness (QED) is 0.922. The highest BCUT2D eigenvalue weighted by molar-refractivity contribution is 5.80. The Kier molecular flexibility index (Phi) is 5.26. The van der Waals surface area contributed by atoms with Gasteiger partial charge in [-0.15, -0.1) is 0 Å². The summed E-state index contributed by atoms with van der Waals surface area (Å²) >= 11 is 0. The lowest BCUT2D eigenvalue weighted by Crippen LogP contribution is -2.41. The van der Waals surface area contributed by atoms with Gasteiger partial charge in [-0.2, -0.15) is 0 Å². The molecule has 1 saturated heterocycles. The summed E-state index contributed by atoms with van der Waals surface area (Å²) in [7, 11) is 0. The smallest absolute Gasteiger partial charge is 0.410 e. The van der Waals surface area contributed by atoms with E-state index in [2.05, 4.69) is 0 Å². The third kappa shape index (κ3) is 4.96. The van der Waals surface area contributed by atoms with Crippen molar-refractivity contribution in [3.8, 4) is 0 Å². The normalized spacial score (nSPS) is 21.3. The third-order valence-electron chi connectivity index (χ3n) is 3.51. The van der Waals surface area contributed by atoms with Crippen molar-refractivity contribution in [2.45, 2.75) is 51.5 Å². The molecule has 1 fully saturated rings. The van der Waals surface area contributed by atoms with Gasteiger partial charge in [-0.05, 0) is 26.3 Å². The molecule has 2 rings (SSSR count). The molecule has 1 aliphatic heterocycles. The van der Waals surface area contributed by atoms with E-state index < -0.39 is 23.7 Å². The maximum atomic E-state index is 12.2. The molecule has 2 atom stereocenters. The predicted octanol–water partition coefficient (Wildman–Crippen LogP) is 2.67. The first-order chi connectivity index (χ1) is 10.8. The lowest BCUT2D eigenvalue weighted by Gasteiger charge is -2.24. The molecule has 6 nitrogen and oxygen atoms in total. The van der Waals surface area contributed by atoms with Crippen LogP contribution in [0.3, 0.4) is 0 Å². The summed E-state index contributed by atoms with van der Waals surface area (Å²) in [4.78, 5) is 24.9. The number of carbonyl (C=O) groups is 2. The van der Waals surface area contributed by atoms with E-state index in [-0.39, 0.29) is 25.7 Å². The molecule has 1 N–H and O–H groups in total. The van der Waals surface area contributed by atoms with Crippen LogP contribution in [0.5, 0.6) is 0 Å². The molecule has 1 heterocycles. The van der Waals surface area contributed by atoms with Crippen LogP contribution in [0, 0.1) is 0 Å². The van der Waals surface area contributed by atoms with E-state index in [1.807, 2.05) is 51.1 Å². The van der Waals surface area contributed by atoms with E-state index in [1.54, 1.807) is 0 Å². The van der Waals surface area contributed by atoms with Crippen molar-refractivity contribution in [1.29, 1.82) is 0 Å². The van der Waals surface area contributed by atoms with Gasteiger partial charge in [0.05, 0.1) is 18.2 Å². The maximum absolute atomic E-state index is 12.2. The molecule has 0 spiro atoms. The molecule has 0 radical (unpaired) electrons. The third-order valence-corrected chi connectivity index (χ3v) is 3.51. The minimum Gasteiger partial charge on any atom is -0.480 e.